The van der Waals surface area contributed by atoms with Gasteiger partial charge in [-0.05, 0) is 49.1 Å². The number of hydrogen-bond acceptors (Lipinski definition) is 4. The average molecular weight is 470 g/mol. The van der Waals surface area contributed by atoms with Crippen molar-refractivity contribution in [2.45, 2.75) is 19.8 Å². The van der Waals surface area contributed by atoms with Gasteiger partial charge in [-0.1, -0.05) is 46.3 Å². The third kappa shape index (κ3) is 3.71. The second-order valence-corrected chi connectivity index (χ2v) is 8.20. The van der Waals surface area contributed by atoms with Crippen LogP contribution in [0.4, 0.5) is 0 Å². The predicted molar refractivity (Wildman–Crippen MR) is 122 cm³/mol. The average Bonchev–Trinajstić information content (AvgIpc) is 3.03. The van der Waals surface area contributed by atoms with Crippen LogP contribution in [-0.4, -0.2) is 30.7 Å². The molecule has 148 valence electrons. The minimum atomic E-state index is -0.0941. The number of hydrogen-bond donors (Lipinski definition) is 0. The molecule has 2 heterocycles. The fourth-order valence-electron chi connectivity index (χ4n) is 3.43. The van der Waals surface area contributed by atoms with E-state index in [0.717, 1.165) is 16.5 Å². The number of allylic oxidation sites excluding steroid dienone is 1. The highest BCUT2D eigenvalue weighted by atomic mass is 79.9. The van der Waals surface area contributed by atoms with E-state index in [1.807, 2.05) is 47.8 Å². The molecule has 0 unspecified atom stereocenters. The summed E-state index contributed by atoms with van der Waals surface area (Å²) in [5.74, 6) is 0.524. The van der Waals surface area contributed by atoms with Gasteiger partial charge in [0.15, 0.2) is 0 Å². The van der Waals surface area contributed by atoms with Crippen molar-refractivity contribution in [1.82, 2.24) is 23.6 Å². The van der Waals surface area contributed by atoms with Crippen LogP contribution in [-0.2, 0) is 19.8 Å². The van der Waals surface area contributed by atoms with Crippen molar-refractivity contribution >= 4 is 44.8 Å². The highest BCUT2D eigenvalue weighted by molar-refractivity contribution is 9.10. The topological polar surface area (TPSA) is 47.5 Å². The molecule has 8 heteroatoms. The van der Waals surface area contributed by atoms with Gasteiger partial charge in [0.1, 0.15) is 0 Å². The summed E-state index contributed by atoms with van der Waals surface area (Å²) in [6.45, 7) is 5.40. The van der Waals surface area contributed by atoms with Crippen molar-refractivity contribution in [1.29, 1.82) is 0 Å². The van der Waals surface area contributed by atoms with Gasteiger partial charge in [-0.3, -0.25) is 18.7 Å². The lowest BCUT2D eigenvalue weighted by Gasteiger charge is -2.16. The first kappa shape index (κ1) is 19.8. The molecule has 4 aromatic rings. The molecule has 0 radical (unpaired) electrons. The van der Waals surface area contributed by atoms with Crippen molar-refractivity contribution in [3.8, 4) is 0 Å². The van der Waals surface area contributed by atoms with Gasteiger partial charge in [-0.15, -0.1) is 11.7 Å². The Morgan fingerprint density at radius 2 is 1.93 bits per heavy atom. The number of benzene rings is 2. The molecule has 0 bridgehead atoms. The summed E-state index contributed by atoms with van der Waals surface area (Å²) in [6.07, 6.45) is 1.69. The van der Waals surface area contributed by atoms with Gasteiger partial charge in [-0.25, -0.2) is 4.68 Å². The molecular weight excluding hydrogens is 450 g/mol. The first-order valence-electron chi connectivity index (χ1n) is 9.14. The normalized spacial score (nSPS) is 11.6. The summed E-state index contributed by atoms with van der Waals surface area (Å²) in [4.78, 5) is 15.1. The summed E-state index contributed by atoms with van der Waals surface area (Å²) in [5.41, 5.74) is 1.86. The van der Waals surface area contributed by atoms with Crippen molar-refractivity contribution in [2.75, 3.05) is 7.05 Å². The second kappa shape index (κ2) is 8.06. The Kier molecular flexibility index (Phi) is 5.49. The predicted octanol–water partition coefficient (Wildman–Crippen LogP) is 4.22. The molecule has 0 amide bonds. The molecule has 6 nitrogen and oxygen atoms in total. The van der Waals surface area contributed by atoms with Crippen molar-refractivity contribution in [3.05, 3.63) is 86.3 Å². The summed E-state index contributed by atoms with van der Waals surface area (Å²) < 4.78 is 6.84. The van der Waals surface area contributed by atoms with Crippen LogP contribution in [0.2, 0.25) is 0 Å². The lowest BCUT2D eigenvalue weighted by Crippen LogP contribution is -2.23. The highest BCUT2D eigenvalue weighted by Gasteiger charge is 2.15. The quantitative estimate of drug-likeness (QED) is 0.313. The Morgan fingerprint density at radius 3 is 2.66 bits per heavy atom. The number of halogens is 1. The van der Waals surface area contributed by atoms with Crippen molar-refractivity contribution in [3.63, 3.8) is 0 Å². The molecule has 0 saturated carbocycles. The molecular formula is C21H20BrN5OS. The highest BCUT2D eigenvalue weighted by Crippen LogP contribution is 2.15. The lowest BCUT2D eigenvalue weighted by atomic mass is 10.2. The van der Waals surface area contributed by atoms with E-state index in [1.165, 1.54) is 5.56 Å². The SMILES string of the molecule is C=CCn1c(=O)c2ccccc2n2c(=S)n(CN(C)Cc3ccc(Br)cc3)nc12. The third-order valence-electron chi connectivity index (χ3n) is 4.74. The molecule has 0 atom stereocenters. The van der Waals surface area contributed by atoms with Crippen LogP contribution in [0.3, 0.4) is 0 Å². The largest absolute Gasteiger partial charge is 0.283 e. The van der Waals surface area contributed by atoms with Gasteiger partial charge in [0, 0.05) is 17.6 Å². The van der Waals surface area contributed by atoms with Gasteiger partial charge >= 0.3 is 0 Å². The monoisotopic (exact) mass is 469 g/mol. The maximum Gasteiger partial charge on any atom is 0.263 e. The minimum Gasteiger partial charge on any atom is -0.283 e. The van der Waals surface area contributed by atoms with Gasteiger partial charge < -0.3 is 0 Å². The number of aromatic nitrogens is 4. The van der Waals surface area contributed by atoms with Gasteiger partial charge in [0.2, 0.25) is 10.5 Å². The van der Waals surface area contributed by atoms with Crippen LogP contribution in [0, 0.1) is 4.77 Å². The van der Waals surface area contributed by atoms with Crippen molar-refractivity contribution in [2.24, 2.45) is 0 Å². The van der Waals surface area contributed by atoms with Crippen LogP contribution >= 0.6 is 28.1 Å². The Hall–Kier alpha value is -2.55. The Balaban J connectivity index is 1.79. The van der Waals surface area contributed by atoms with E-state index in [4.69, 9.17) is 12.2 Å². The fourth-order valence-corrected chi connectivity index (χ4v) is 3.98. The number of nitrogens with zero attached hydrogens (tertiary/aromatic N) is 5. The molecule has 0 spiro atoms. The van der Waals surface area contributed by atoms with Crippen LogP contribution < -0.4 is 5.56 Å². The molecule has 2 aromatic heterocycles. The zero-order valence-corrected chi connectivity index (χ0v) is 18.4. The van der Waals surface area contributed by atoms with Crippen LogP contribution in [0.25, 0.3) is 16.7 Å². The van der Waals surface area contributed by atoms with E-state index in [9.17, 15) is 4.79 Å². The number of rotatable bonds is 6. The zero-order valence-electron chi connectivity index (χ0n) is 16.0. The molecule has 29 heavy (non-hydrogen) atoms. The molecule has 0 aliphatic rings. The number of fused-ring (bicyclic) bond motifs is 3. The van der Waals surface area contributed by atoms with Gasteiger partial charge in [0.05, 0.1) is 17.6 Å². The smallest absolute Gasteiger partial charge is 0.263 e. The maximum atomic E-state index is 12.9. The van der Waals surface area contributed by atoms with E-state index in [1.54, 1.807) is 15.3 Å². The van der Waals surface area contributed by atoms with Gasteiger partial charge in [-0.2, -0.15) is 0 Å². The Morgan fingerprint density at radius 1 is 1.21 bits per heavy atom. The summed E-state index contributed by atoms with van der Waals surface area (Å²) in [7, 11) is 2.02. The summed E-state index contributed by atoms with van der Waals surface area (Å²) in [6, 6.07) is 15.7. The molecule has 0 fully saturated rings. The first-order chi connectivity index (χ1) is 14.0. The second-order valence-electron chi connectivity index (χ2n) is 6.92. The minimum absolute atomic E-state index is 0.0941. The van der Waals surface area contributed by atoms with E-state index in [0.29, 0.717) is 29.1 Å². The summed E-state index contributed by atoms with van der Waals surface area (Å²) in [5, 5.41) is 5.29. The van der Waals surface area contributed by atoms with E-state index in [2.05, 4.69) is 44.6 Å². The maximum absolute atomic E-state index is 12.9. The van der Waals surface area contributed by atoms with Crippen LogP contribution in [0.5, 0.6) is 0 Å². The van der Waals surface area contributed by atoms with E-state index >= 15 is 0 Å². The molecule has 0 aliphatic heterocycles. The first-order valence-corrected chi connectivity index (χ1v) is 10.3. The molecule has 0 saturated heterocycles. The molecule has 0 N–H and O–H groups in total. The van der Waals surface area contributed by atoms with E-state index < -0.39 is 0 Å². The lowest BCUT2D eigenvalue weighted by molar-refractivity contribution is 0.244. The molecule has 0 aliphatic carbocycles. The van der Waals surface area contributed by atoms with Gasteiger partial charge in [0.25, 0.3) is 5.56 Å². The standard InChI is InChI=1S/C21H20BrN5OS/c1-3-12-25-19(28)17-6-4-5-7-18(17)27-20(25)23-26(21(27)29)14-24(2)13-15-8-10-16(22)11-9-15/h3-11H,1,12-14H2,2H3. The Labute approximate surface area is 181 Å². The molecule has 4 rings (SSSR count). The third-order valence-corrected chi connectivity index (χ3v) is 5.66. The molecule has 2 aromatic carbocycles. The van der Waals surface area contributed by atoms with Crippen LogP contribution in [0.1, 0.15) is 5.56 Å². The fraction of sp³-hybridized carbons (Fsp3) is 0.190. The zero-order chi connectivity index (χ0) is 20.5. The van der Waals surface area contributed by atoms with Crippen molar-refractivity contribution < 1.29 is 0 Å². The summed E-state index contributed by atoms with van der Waals surface area (Å²) >= 11 is 9.19. The van der Waals surface area contributed by atoms with E-state index in [-0.39, 0.29) is 5.56 Å². The van der Waals surface area contributed by atoms with Crippen LogP contribution in [0.15, 0.2) is 70.5 Å². The number of para-hydroxylation sites is 1. The Bertz CT molecular complexity index is 1320.